The van der Waals surface area contributed by atoms with Gasteiger partial charge in [-0.2, -0.15) is 0 Å². The normalized spacial score (nSPS) is 18.8. The van der Waals surface area contributed by atoms with Gasteiger partial charge >= 0.3 is 0 Å². The summed E-state index contributed by atoms with van der Waals surface area (Å²) in [6, 6.07) is 0.761. The summed E-state index contributed by atoms with van der Waals surface area (Å²) in [7, 11) is 0. The summed E-state index contributed by atoms with van der Waals surface area (Å²) >= 11 is 0. The molecule has 4 heteroatoms. The predicted octanol–water partition coefficient (Wildman–Crippen LogP) is 7.47. The molecule has 3 nitrogen and oxygen atoms in total. The number of rotatable bonds is 18. The minimum absolute atomic E-state index is 0. The van der Waals surface area contributed by atoms with Gasteiger partial charge in [0.05, 0.1) is 6.67 Å². The lowest BCUT2D eigenvalue weighted by Crippen LogP contribution is -2.37. The molecule has 0 aromatic heterocycles. The quantitative estimate of drug-likeness (QED) is 0.222. The van der Waals surface area contributed by atoms with Crippen LogP contribution in [0.25, 0.3) is 0 Å². The number of piperidine rings is 1. The van der Waals surface area contributed by atoms with Gasteiger partial charge in [-0.3, -0.25) is 0 Å². The summed E-state index contributed by atoms with van der Waals surface area (Å²) in [5.74, 6) is 0. The third kappa shape index (κ3) is 13.8. The first-order valence-electron chi connectivity index (χ1n) is 13.3. The first-order chi connectivity index (χ1) is 14.4. The Morgan fingerprint density at radius 1 is 0.700 bits per heavy atom. The molecule has 2 heterocycles. The van der Waals surface area contributed by atoms with Gasteiger partial charge in [0.25, 0.3) is 0 Å². The number of hydrogen-bond acceptors (Lipinski definition) is 3. The lowest BCUT2D eigenvalue weighted by molar-refractivity contribution is 0.244. The van der Waals surface area contributed by atoms with E-state index in [2.05, 4.69) is 34.4 Å². The van der Waals surface area contributed by atoms with Gasteiger partial charge in [0, 0.05) is 31.5 Å². The van der Waals surface area contributed by atoms with Crippen LogP contribution in [0, 0.1) is 0 Å². The predicted molar refractivity (Wildman–Crippen MR) is 135 cm³/mol. The van der Waals surface area contributed by atoms with Gasteiger partial charge in [0.1, 0.15) is 0 Å². The maximum absolute atomic E-state index is 3.67. The lowest BCUT2D eigenvalue weighted by atomic mass is 10.0. The molecule has 1 fully saturated rings. The van der Waals surface area contributed by atoms with Crippen molar-refractivity contribution in [3.8, 4) is 0 Å². The van der Waals surface area contributed by atoms with Gasteiger partial charge in [-0.25, -0.2) is 0 Å². The molecule has 178 valence electrons. The smallest absolute Gasteiger partial charge is 0.0893 e. The van der Waals surface area contributed by atoms with E-state index < -0.39 is 0 Å². The maximum Gasteiger partial charge on any atom is 0.0893 e. The van der Waals surface area contributed by atoms with Crippen LogP contribution in [0.1, 0.15) is 122 Å². The van der Waals surface area contributed by atoms with E-state index in [0.29, 0.717) is 0 Å². The highest BCUT2D eigenvalue weighted by Crippen LogP contribution is 2.15. The number of unbranched alkanes of at least 4 members (excludes halogenated alkanes) is 13. The zero-order chi connectivity index (χ0) is 20.4. The molecule has 30 heavy (non-hydrogen) atoms. The minimum atomic E-state index is 0. The van der Waals surface area contributed by atoms with Crippen molar-refractivity contribution in [3.63, 3.8) is 0 Å². The minimum Gasteiger partial charge on any atom is -0.359 e. The van der Waals surface area contributed by atoms with Crippen LogP contribution < -0.4 is 5.32 Å². The monoisotopic (exact) mass is 441 g/mol. The molecule has 0 aliphatic carbocycles. The standard InChI is InChI=1S/C26H51N3.ClH/c1-2-3-4-5-6-7-8-9-10-11-12-13-14-17-21-28-23-24-29(25-28)22-19-26-18-15-16-20-27-26;/h23-24,26-27H,2-22,25H2,1H3;1H. The average Bonchev–Trinajstić information content (AvgIpc) is 3.21. The highest BCUT2D eigenvalue weighted by Gasteiger charge is 2.16. The van der Waals surface area contributed by atoms with E-state index in [4.69, 9.17) is 0 Å². The van der Waals surface area contributed by atoms with Crippen molar-refractivity contribution in [1.29, 1.82) is 0 Å². The largest absolute Gasteiger partial charge is 0.359 e. The van der Waals surface area contributed by atoms with Gasteiger partial charge in [-0.05, 0) is 32.2 Å². The van der Waals surface area contributed by atoms with Gasteiger partial charge < -0.3 is 15.1 Å². The Balaban J connectivity index is 0.00000450. The van der Waals surface area contributed by atoms with Crippen LogP contribution in [-0.2, 0) is 0 Å². The number of halogens is 1. The Kier molecular flexibility index (Phi) is 17.8. The van der Waals surface area contributed by atoms with E-state index in [0.717, 1.165) is 12.7 Å². The Morgan fingerprint density at radius 3 is 1.77 bits per heavy atom. The Labute approximate surface area is 194 Å². The van der Waals surface area contributed by atoms with Gasteiger partial charge in [0.15, 0.2) is 0 Å². The van der Waals surface area contributed by atoms with Crippen LogP contribution in [0.2, 0.25) is 0 Å². The molecule has 0 saturated carbocycles. The van der Waals surface area contributed by atoms with E-state index >= 15 is 0 Å². The highest BCUT2D eigenvalue weighted by atomic mass is 35.5. The summed E-state index contributed by atoms with van der Waals surface area (Å²) in [5, 5.41) is 3.67. The molecule has 1 saturated heterocycles. The van der Waals surface area contributed by atoms with Gasteiger partial charge in [-0.1, -0.05) is 96.8 Å². The van der Waals surface area contributed by atoms with Crippen LogP contribution in [-0.4, -0.2) is 42.1 Å². The second-order valence-corrected chi connectivity index (χ2v) is 9.60. The Hall–Kier alpha value is -0.410. The van der Waals surface area contributed by atoms with Crippen LogP contribution in [0.5, 0.6) is 0 Å². The molecule has 1 atom stereocenters. The zero-order valence-electron chi connectivity index (χ0n) is 20.1. The second-order valence-electron chi connectivity index (χ2n) is 9.60. The lowest BCUT2D eigenvalue weighted by Gasteiger charge is -2.26. The third-order valence-corrected chi connectivity index (χ3v) is 6.83. The van der Waals surface area contributed by atoms with Crippen molar-refractivity contribution < 1.29 is 0 Å². The first kappa shape index (κ1) is 27.6. The van der Waals surface area contributed by atoms with E-state index in [9.17, 15) is 0 Å². The maximum atomic E-state index is 3.67. The molecule has 0 bridgehead atoms. The molecule has 0 spiro atoms. The molecule has 1 unspecified atom stereocenters. The van der Waals surface area contributed by atoms with E-state index in [1.165, 1.54) is 135 Å². The van der Waals surface area contributed by atoms with E-state index in [-0.39, 0.29) is 12.4 Å². The average molecular weight is 442 g/mol. The Morgan fingerprint density at radius 2 is 1.23 bits per heavy atom. The number of hydrogen-bond donors (Lipinski definition) is 1. The van der Waals surface area contributed by atoms with E-state index in [1.54, 1.807) is 0 Å². The van der Waals surface area contributed by atoms with Crippen molar-refractivity contribution in [1.82, 2.24) is 15.1 Å². The fourth-order valence-electron chi connectivity index (χ4n) is 4.81. The van der Waals surface area contributed by atoms with Crippen molar-refractivity contribution in [2.24, 2.45) is 0 Å². The molecule has 2 aliphatic rings. The number of nitrogens with one attached hydrogen (secondary N) is 1. The van der Waals surface area contributed by atoms with Crippen LogP contribution in [0.15, 0.2) is 12.4 Å². The van der Waals surface area contributed by atoms with E-state index in [1.807, 2.05) is 0 Å². The second kappa shape index (κ2) is 19.3. The SMILES string of the molecule is CCCCCCCCCCCCCCCCN1C=CN(CCC2CCCCN2)C1.Cl. The summed E-state index contributed by atoms with van der Waals surface area (Å²) in [5.41, 5.74) is 0. The fourth-order valence-corrected chi connectivity index (χ4v) is 4.81. The van der Waals surface area contributed by atoms with Crippen molar-refractivity contribution in [3.05, 3.63) is 12.4 Å². The third-order valence-electron chi connectivity index (χ3n) is 6.83. The molecule has 0 radical (unpaired) electrons. The van der Waals surface area contributed by atoms with Crippen molar-refractivity contribution >= 4 is 12.4 Å². The summed E-state index contributed by atoms with van der Waals surface area (Å²) in [4.78, 5) is 5.01. The van der Waals surface area contributed by atoms with Crippen molar-refractivity contribution in [2.45, 2.75) is 129 Å². The zero-order valence-corrected chi connectivity index (χ0v) is 20.9. The van der Waals surface area contributed by atoms with Crippen LogP contribution in [0.4, 0.5) is 0 Å². The van der Waals surface area contributed by atoms with Gasteiger partial charge in [0.2, 0.25) is 0 Å². The topological polar surface area (TPSA) is 18.5 Å². The van der Waals surface area contributed by atoms with Gasteiger partial charge in [-0.15, -0.1) is 12.4 Å². The summed E-state index contributed by atoms with van der Waals surface area (Å²) in [6.07, 6.45) is 30.3. The Bertz CT molecular complexity index is 396. The van der Waals surface area contributed by atoms with Crippen LogP contribution in [0.3, 0.4) is 0 Å². The molecule has 2 rings (SSSR count). The summed E-state index contributed by atoms with van der Waals surface area (Å²) < 4.78 is 0. The molecular formula is C26H52ClN3. The molecule has 0 aromatic carbocycles. The molecule has 0 aromatic rings. The molecule has 1 N–H and O–H groups in total. The fraction of sp³-hybridized carbons (Fsp3) is 0.923. The highest BCUT2D eigenvalue weighted by molar-refractivity contribution is 5.85. The molecule has 0 amide bonds. The van der Waals surface area contributed by atoms with Crippen molar-refractivity contribution in [2.75, 3.05) is 26.3 Å². The summed E-state index contributed by atoms with van der Waals surface area (Å²) in [6.45, 7) is 7.10. The molecule has 2 aliphatic heterocycles. The van der Waals surface area contributed by atoms with Crippen LogP contribution >= 0.6 is 12.4 Å². The molecular weight excluding hydrogens is 390 g/mol. The number of nitrogens with zero attached hydrogens (tertiary/aromatic N) is 2. The first-order valence-corrected chi connectivity index (χ1v) is 13.3.